The van der Waals surface area contributed by atoms with Crippen LogP contribution in [0.1, 0.15) is 19.8 Å². The third-order valence-electron chi connectivity index (χ3n) is 1.85. The van der Waals surface area contributed by atoms with Crippen LogP contribution in [0, 0.1) is 0 Å². The molecule has 0 saturated heterocycles. The third-order valence-corrected chi connectivity index (χ3v) is 1.85. The van der Waals surface area contributed by atoms with Crippen LogP contribution in [-0.4, -0.2) is 29.7 Å². The van der Waals surface area contributed by atoms with Crippen molar-refractivity contribution in [1.82, 2.24) is 9.80 Å². The molecule has 1 rings (SSSR count). The van der Waals surface area contributed by atoms with Crippen molar-refractivity contribution in [3.8, 4) is 0 Å². The first kappa shape index (κ1) is 13.9. The Hall–Kier alpha value is -1.13. The van der Waals surface area contributed by atoms with E-state index in [0.717, 1.165) is 13.2 Å². The van der Waals surface area contributed by atoms with Gasteiger partial charge in [-0.1, -0.05) is 19.9 Å². The van der Waals surface area contributed by atoms with E-state index in [1.165, 1.54) is 12.8 Å². The molecule has 0 atom stereocenters. The minimum atomic E-state index is -3.67. The molecular formula is C10H17F3N2. The van der Waals surface area contributed by atoms with Gasteiger partial charge in [0.25, 0.3) is 0 Å². The van der Waals surface area contributed by atoms with Crippen LogP contribution in [0.25, 0.3) is 0 Å². The van der Waals surface area contributed by atoms with E-state index >= 15 is 0 Å². The lowest BCUT2D eigenvalue weighted by Crippen LogP contribution is -2.22. The Morgan fingerprint density at radius 2 is 2.00 bits per heavy atom. The maximum absolute atomic E-state index is 9.67. The number of halogens is 3. The zero-order valence-corrected chi connectivity index (χ0v) is 8.87. The zero-order valence-electron chi connectivity index (χ0n) is 8.87. The molecule has 1 aliphatic heterocycles. The predicted octanol–water partition coefficient (Wildman–Crippen LogP) is 3.15. The van der Waals surface area contributed by atoms with Gasteiger partial charge >= 0.3 is 6.68 Å². The van der Waals surface area contributed by atoms with E-state index in [9.17, 15) is 13.2 Å². The van der Waals surface area contributed by atoms with Gasteiger partial charge < -0.3 is 9.80 Å². The molecule has 0 aromatic rings. The fraction of sp³-hybridized carbons (Fsp3) is 0.600. The average molecular weight is 222 g/mol. The van der Waals surface area contributed by atoms with E-state index in [1.54, 1.807) is 0 Å². The molecule has 1 heterocycles. The number of hydrogen-bond acceptors (Lipinski definition) is 2. The van der Waals surface area contributed by atoms with E-state index in [-0.39, 0.29) is 0 Å². The van der Waals surface area contributed by atoms with Gasteiger partial charge in [-0.25, -0.2) is 0 Å². The van der Waals surface area contributed by atoms with Gasteiger partial charge in [0.2, 0.25) is 0 Å². The Morgan fingerprint density at radius 1 is 1.40 bits per heavy atom. The van der Waals surface area contributed by atoms with E-state index in [1.807, 2.05) is 6.20 Å². The molecule has 0 aromatic heterocycles. The summed E-state index contributed by atoms with van der Waals surface area (Å²) >= 11 is 0. The molecule has 0 radical (unpaired) electrons. The summed E-state index contributed by atoms with van der Waals surface area (Å²) < 4.78 is 29.0. The molecule has 0 amide bonds. The molecule has 0 N–H and O–H groups in total. The predicted molar refractivity (Wildman–Crippen MR) is 54.8 cm³/mol. The molecule has 0 spiro atoms. The Morgan fingerprint density at radius 3 is 2.40 bits per heavy atom. The van der Waals surface area contributed by atoms with Crippen molar-refractivity contribution < 1.29 is 13.2 Å². The molecule has 0 unspecified atom stereocenters. The van der Waals surface area contributed by atoms with Crippen molar-refractivity contribution in [1.29, 1.82) is 0 Å². The monoisotopic (exact) mass is 222 g/mol. The highest BCUT2D eigenvalue weighted by Crippen LogP contribution is 2.06. The minimum Gasteiger partial charge on any atom is -0.358 e. The van der Waals surface area contributed by atoms with Crippen molar-refractivity contribution in [2.75, 3.05) is 13.2 Å². The maximum Gasteiger partial charge on any atom is 0.379 e. The van der Waals surface area contributed by atoms with Gasteiger partial charge in [-0.05, 0) is 12.6 Å². The molecule has 0 fully saturated rings. The summed E-state index contributed by atoms with van der Waals surface area (Å²) in [5.41, 5.74) is 0. The van der Waals surface area contributed by atoms with Crippen molar-refractivity contribution in [2.45, 2.75) is 26.4 Å². The molecule has 15 heavy (non-hydrogen) atoms. The minimum absolute atomic E-state index is 0.976. The van der Waals surface area contributed by atoms with Gasteiger partial charge in [-0.15, -0.1) is 0 Å². The summed E-state index contributed by atoms with van der Waals surface area (Å²) in [6, 6.07) is 0. The lowest BCUT2D eigenvalue weighted by atomic mass is 10.3. The van der Waals surface area contributed by atoms with Gasteiger partial charge in [-0.3, -0.25) is 0 Å². The van der Waals surface area contributed by atoms with Crippen molar-refractivity contribution in [2.24, 2.45) is 0 Å². The number of unbranched alkanes of at least 4 members (excludes halogenated alkanes) is 1. The van der Waals surface area contributed by atoms with Crippen LogP contribution in [-0.2, 0) is 0 Å². The van der Waals surface area contributed by atoms with Crippen LogP contribution in [0.15, 0.2) is 25.2 Å². The quantitative estimate of drug-likeness (QED) is 0.721. The van der Waals surface area contributed by atoms with E-state index in [4.69, 9.17) is 0 Å². The summed E-state index contributed by atoms with van der Waals surface area (Å²) in [4.78, 5) is 4.38. The highest BCUT2D eigenvalue weighted by atomic mass is 19.4. The molecule has 1 aliphatic rings. The molecular weight excluding hydrogens is 205 g/mol. The molecule has 88 valence electrons. The van der Waals surface area contributed by atoms with Crippen LogP contribution in [0.4, 0.5) is 13.2 Å². The number of nitrogens with zero attached hydrogens (tertiary/aromatic N) is 2. The highest BCUT2D eigenvalue weighted by Gasteiger charge is 2.07. The van der Waals surface area contributed by atoms with E-state index in [0.29, 0.717) is 0 Å². The van der Waals surface area contributed by atoms with Gasteiger partial charge in [0.15, 0.2) is 0 Å². The standard InChI is InChI=1S/C9H16N2.CHF3/c1-3-5-6-11-8-7-10(4-2)9-11;2-1(3)4/h4,7-8H,2-3,5-6,9H2,1H3;1H. The molecule has 0 aliphatic carbocycles. The first-order chi connectivity index (χ1) is 7.10. The Kier molecular flexibility index (Phi) is 7.58. The fourth-order valence-corrected chi connectivity index (χ4v) is 1.11. The molecule has 0 bridgehead atoms. The summed E-state index contributed by atoms with van der Waals surface area (Å²) in [5, 5.41) is 0. The van der Waals surface area contributed by atoms with Crippen molar-refractivity contribution in [3.63, 3.8) is 0 Å². The zero-order chi connectivity index (χ0) is 11.7. The largest absolute Gasteiger partial charge is 0.379 e. The average Bonchev–Trinajstić information content (AvgIpc) is 2.61. The SMILES string of the molecule is C=CN1C=CN(CCCC)C1.FC(F)F. The van der Waals surface area contributed by atoms with Crippen LogP contribution >= 0.6 is 0 Å². The van der Waals surface area contributed by atoms with Crippen LogP contribution < -0.4 is 0 Å². The summed E-state index contributed by atoms with van der Waals surface area (Å²) in [6.07, 6.45) is 8.57. The van der Waals surface area contributed by atoms with Crippen LogP contribution in [0.3, 0.4) is 0 Å². The number of rotatable bonds is 4. The molecule has 0 aromatic carbocycles. The second kappa shape index (κ2) is 8.20. The highest BCUT2D eigenvalue weighted by molar-refractivity contribution is 4.94. The van der Waals surface area contributed by atoms with Crippen LogP contribution in [0.2, 0.25) is 0 Å². The summed E-state index contributed by atoms with van der Waals surface area (Å²) in [6.45, 7) is 4.39. The van der Waals surface area contributed by atoms with E-state index in [2.05, 4.69) is 35.7 Å². The molecule has 5 heteroatoms. The smallest absolute Gasteiger partial charge is 0.358 e. The lowest BCUT2D eigenvalue weighted by molar-refractivity contribution is 0.00819. The Balaban J connectivity index is 0.000000423. The van der Waals surface area contributed by atoms with Crippen LogP contribution in [0.5, 0.6) is 0 Å². The molecule has 2 nitrogen and oxygen atoms in total. The van der Waals surface area contributed by atoms with Crippen molar-refractivity contribution in [3.05, 3.63) is 25.2 Å². The molecule has 0 saturated carbocycles. The second-order valence-electron chi connectivity index (χ2n) is 3.05. The fourth-order valence-electron chi connectivity index (χ4n) is 1.11. The number of hydrogen-bond donors (Lipinski definition) is 0. The normalized spacial score (nSPS) is 14.2. The summed E-state index contributed by atoms with van der Waals surface area (Å²) in [7, 11) is 0. The van der Waals surface area contributed by atoms with Gasteiger partial charge in [0.05, 0.1) is 6.67 Å². The Bertz CT molecular complexity index is 192. The van der Waals surface area contributed by atoms with Gasteiger partial charge in [-0.2, -0.15) is 13.2 Å². The lowest BCUT2D eigenvalue weighted by Gasteiger charge is -2.17. The van der Waals surface area contributed by atoms with Gasteiger partial charge in [0, 0.05) is 18.9 Å². The van der Waals surface area contributed by atoms with Gasteiger partial charge in [0.1, 0.15) is 0 Å². The second-order valence-corrected chi connectivity index (χ2v) is 3.05. The maximum atomic E-state index is 9.67. The first-order valence-electron chi connectivity index (χ1n) is 4.83. The van der Waals surface area contributed by atoms with E-state index < -0.39 is 6.68 Å². The number of alkyl halides is 3. The summed E-state index contributed by atoms with van der Waals surface area (Å²) in [5.74, 6) is 0. The third kappa shape index (κ3) is 7.90. The van der Waals surface area contributed by atoms with Crippen molar-refractivity contribution >= 4 is 0 Å². The topological polar surface area (TPSA) is 6.48 Å². The Labute approximate surface area is 88.7 Å². The first-order valence-corrected chi connectivity index (χ1v) is 4.83.